The van der Waals surface area contributed by atoms with Crippen LogP contribution in [0.2, 0.25) is 0 Å². The van der Waals surface area contributed by atoms with Gasteiger partial charge in [0.2, 0.25) is 0 Å². The third kappa shape index (κ3) is 5.00. The normalized spacial score (nSPS) is 17.4. The third-order valence-electron chi connectivity index (χ3n) is 5.22. The Kier molecular flexibility index (Phi) is 6.85. The Balaban J connectivity index is 1.79. The highest BCUT2D eigenvalue weighted by molar-refractivity contribution is 5.75. The minimum Gasteiger partial charge on any atom is -0.391 e. The van der Waals surface area contributed by atoms with Crippen LogP contribution in [-0.4, -0.2) is 51.3 Å². The summed E-state index contributed by atoms with van der Waals surface area (Å²) in [4.78, 5) is 19.0. The summed E-state index contributed by atoms with van der Waals surface area (Å²) in [7, 11) is 0. The van der Waals surface area contributed by atoms with E-state index >= 15 is 0 Å². The number of aliphatic hydroxyl groups excluding tert-OH is 1. The molecule has 1 aliphatic rings. The van der Waals surface area contributed by atoms with Gasteiger partial charge in [-0.25, -0.2) is 4.79 Å². The summed E-state index contributed by atoms with van der Waals surface area (Å²) < 4.78 is 0. The van der Waals surface area contributed by atoms with Crippen molar-refractivity contribution in [3.05, 3.63) is 84.4 Å². The molecule has 0 bridgehead atoms. The van der Waals surface area contributed by atoms with Gasteiger partial charge in [0.05, 0.1) is 19.4 Å². The molecule has 0 radical (unpaired) electrons. The van der Waals surface area contributed by atoms with Crippen molar-refractivity contribution in [3.8, 4) is 0 Å². The minimum absolute atomic E-state index is 0.0226. The number of hydrogen-bond donors (Lipinski definition) is 1. The van der Waals surface area contributed by atoms with E-state index in [4.69, 9.17) is 0 Å². The molecule has 2 amide bonds. The summed E-state index contributed by atoms with van der Waals surface area (Å²) in [5.41, 5.74) is 2.19. The van der Waals surface area contributed by atoms with Gasteiger partial charge in [-0.1, -0.05) is 66.7 Å². The lowest BCUT2D eigenvalue weighted by Crippen LogP contribution is -2.60. The number of amides is 2. The Bertz CT molecular complexity index is 712. The van der Waals surface area contributed by atoms with Gasteiger partial charge in [-0.05, 0) is 24.5 Å². The number of urea groups is 1. The second-order valence-corrected chi connectivity index (χ2v) is 7.35. The Morgan fingerprint density at radius 2 is 1.43 bits per heavy atom. The van der Waals surface area contributed by atoms with E-state index < -0.39 is 6.10 Å². The second-order valence-electron chi connectivity index (χ2n) is 7.35. The van der Waals surface area contributed by atoms with Crippen molar-refractivity contribution >= 4 is 6.03 Å². The topological polar surface area (TPSA) is 47.0 Å². The van der Waals surface area contributed by atoms with E-state index in [1.807, 2.05) is 77.4 Å². The first-order chi connectivity index (χ1) is 13.6. The SMILES string of the molecule is C=CCC(O)[C@H](C)N1CN(Cc2ccccc2)C(=O)N(Cc2ccccc2)C1. The molecule has 0 aliphatic carbocycles. The van der Waals surface area contributed by atoms with E-state index in [2.05, 4.69) is 11.5 Å². The molecule has 0 aromatic heterocycles. The van der Waals surface area contributed by atoms with E-state index in [0.29, 0.717) is 32.8 Å². The van der Waals surface area contributed by atoms with Gasteiger partial charge in [0.1, 0.15) is 0 Å². The number of aliphatic hydroxyl groups is 1. The molecule has 1 N–H and O–H groups in total. The minimum atomic E-state index is -0.511. The van der Waals surface area contributed by atoms with Crippen LogP contribution in [0.25, 0.3) is 0 Å². The lowest BCUT2D eigenvalue weighted by atomic mass is 10.1. The predicted octanol–water partition coefficient (Wildman–Crippen LogP) is 3.67. The summed E-state index contributed by atoms with van der Waals surface area (Å²) in [6.07, 6.45) is 1.76. The Labute approximate surface area is 167 Å². The fourth-order valence-corrected chi connectivity index (χ4v) is 3.52. The van der Waals surface area contributed by atoms with Crippen LogP contribution in [0.5, 0.6) is 0 Å². The van der Waals surface area contributed by atoms with Crippen molar-refractivity contribution in [3.63, 3.8) is 0 Å². The smallest absolute Gasteiger partial charge is 0.322 e. The van der Waals surface area contributed by atoms with Crippen LogP contribution >= 0.6 is 0 Å². The Morgan fingerprint density at radius 1 is 0.964 bits per heavy atom. The first-order valence-electron chi connectivity index (χ1n) is 9.73. The average Bonchev–Trinajstić information content (AvgIpc) is 2.72. The fourth-order valence-electron chi connectivity index (χ4n) is 3.52. The first-order valence-corrected chi connectivity index (χ1v) is 9.73. The Hall–Kier alpha value is -2.63. The molecule has 1 saturated heterocycles. The van der Waals surface area contributed by atoms with Gasteiger partial charge in [0.15, 0.2) is 0 Å². The molecular weight excluding hydrogens is 350 g/mol. The highest BCUT2D eigenvalue weighted by atomic mass is 16.3. The molecule has 3 rings (SSSR count). The van der Waals surface area contributed by atoms with Crippen molar-refractivity contribution in [2.75, 3.05) is 13.3 Å². The summed E-state index contributed by atoms with van der Waals surface area (Å²) in [5, 5.41) is 10.5. The predicted molar refractivity (Wildman–Crippen MR) is 111 cm³/mol. The molecule has 0 saturated carbocycles. The summed E-state index contributed by atoms with van der Waals surface area (Å²) in [5.74, 6) is 0. The van der Waals surface area contributed by atoms with Crippen molar-refractivity contribution in [1.82, 2.24) is 14.7 Å². The van der Waals surface area contributed by atoms with Crippen LogP contribution in [0.4, 0.5) is 4.79 Å². The largest absolute Gasteiger partial charge is 0.391 e. The van der Waals surface area contributed by atoms with E-state index in [1.165, 1.54) is 0 Å². The molecule has 1 unspecified atom stereocenters. The molecule has 148 valence electrons. The van der Waals surface area contributed by atoms with Gasteiger partial charge in [0.25, 0.3) is 0 Å². The van der Waals surface area contributed by atoms with Crippen LogP contribution < -0.4 is 0 Å². The maximum Gasteiger partial charge on any atom is 0.322 e. The van der Waals surface area contributed by atoms with Crippen molar-refractivity contribution < 1.29 is 9.90 Å². The molecule has 5 nitrogen and oxygen atoms in total. The maximum absolute atomic E-state index is 13.1. The van der Waals surface area contributed by atoms with Gasteiger partial charge in [-0.15, -0.1) is 6.58 Å². The van der Waals surface area contributed by atoms with Crippen LogP contribution in [0.3, 0.4) is 0 Å². The molecule has 28 heavy (non-hydrogen) atoms. The third-order valence-corrected chi connectivity index (χ3v) is 5.22. The molecule has 0 spiro atoms. The summed E-state index contributed by atoms with van der Waals surface area (Å²) in [6.45, 7) is 7.82. The molecule has 2 atom stereocenters. The zero-order valence-electron chi connectivity index (χ0n) is 16.4. The number of rotatable bonds is 8. The monoisotopic (exact) mass is 379 g/mol. The van der Waals surface area contributed by atoms with Gasteiger partial charge < -0.3 is 14.9 Å². The number of carbonyl (C=O) groups is 1. The zero-order chi connectivity index (χ0) is 19.9. The molecular formula is C23H29N3O2. The maximum atomic E-state index is 13.1. The van der Waals surface area contributed by atoms with Crippen LogP contribution in [0.1, 0.15) is 24.5 Å². The summed E-state index contributed by atoms with van der Waals surface area (Å²) >= 11 is 0. The van der Waals surface area contributed by atoms with Crippen LogP contribution in [0, 0.1) is 0 Å². The van der Waals surface area contributed by atoms with Crippen LogP contribution in [-0.2, 0) is 13.1 Å². The number of benzene rings is 2. The Morgan fingerprint density at radius 3 is 1.86 bits per heavy atom. The fraction of sp³-hybridized carbons (Fsp3) is 0.348. The van der Waals surface area contributed by atoms with E-state index in [1.54, 1.807) is 6.08 Å². The van der Waals surface area contributed by atoms with Gasteiger partial charge in [0, 0.05) is 19.1 Å². The molecule has 2 aromatic rings. The molecule has 1 heterocycles. The van der Waals surface area contributed by atoms with Crippen LogP contribution in [0.15, 0.2) is 73.3 Å². The lowest BCUT2D eigenvalue weighted by molar-refractivity contribution is -0.0296. The van der Waals surface area contributed by atoms with Gasteiger partial charge in [-0.2, -0.15) is 0 Å². The molecule has 2 aromatic carbocycles. The zero-order valence-corrected chi connectivity index (χ0v) is 16.4. The lowest BCUT2D eigenvalue weighted by Gasteiger charge is -2.45. The summed E-state index contributed by atoms with van der Waals surface area (Å²) in [6, 6.07) is 20.0. The molecule has 1 fully saturated rings. The highest BCUT2D eigenvalue weighted by Gasteiger charge is 2.34. The molecule has 1 aliphatic heterocycles. The number of nitrogens with zero attached hydrogens (tertiary/aromatic N) is 3. The van der Waals surface area contributed by atoms with Crippen molar-refractivity contribution in [1.29, 1.82) is 0 Å². The van der Waals surface area contributed by atoms with Crippen molar-refractivity contribution in [2.24, 2.45) is 0 Å². The quantitative estimate of drug-likeness (QED) is 0.712. The number of hydrogen-bond acceptors (Lipinski definition) is 3. The number of carbonyl (C=O) groups excluding carboxylic acids is 1. The van der Waals surface area contributed by atoms with Crippen molar-refractivity contribution in [2.45, 2.75) is 38.6 Å². The first kappa shape index (κ1) is 20.1. The van der Waals surface area contributed by atoms with Gasteiger partial charge >= 0.3 is 6.03 Å². The molecule has 5 heteroatoms. The average molecular weight is 380 g/mol. The van der Waals surface area contributed by atoms with E-state index in [0.717, 1.165) is 11.1 Å². The van der Waals surface area contributed by atoms with Gasteiger partial charge in [-0.3, -0.25) is 4.90 Å². The second kappa shape index (κ2) is 9.53. The highest BCUT2D eigenvalue weighted by Crippen LogP contribution is 2.20. The standard InChI is InChI=1S/C23H29N3O2/c1-3-10-22(27)19(2)26-17-24(15-20-11-6-4-7-12-20)23(28)25(18-26)16-21-13-8-5-9-14-21/h3-9,11-14,19,22,27H,1,10,15-18H2,2H3/t19-,22?/m0/s1. The van der Waals surface area contributed by atoms with E-state index in [-0.39, 0.29) is 12.1 Å². The van der Waals surface area contributed by atoms with E-state index in [9.17, 15) is 9.90 Å².